The predicted molar refractivity (Wildman–Crippen MR) is 141 cm³/mol. The van der Waals surface area contributed by atoms with Crippen LogP contribution in [-0.4, -0.2) is 4.40 Å². The quantitative estimate of drug-likeness (QED) is 0.435. The van der Waals surface area contributed by atoms with Crippen molar-refractivity contribution in [2.45, 2.75) is 103 Å². The molecule has 0 atom stereocenters. The summed E-state index contributed by atoms with van der Waals surface area (Å²) in [5.74, 6) is 4.42. The molecule has 4 bridgehead atoms. The molecule has 3 aromatic rings. The van der Waals surface area contributed by atoms with Gasteiger partial charge < -0.3 is 12.4 Å². The molecule has 7 rings (SSSR count). The van der Waals surface area contributed by atoms with Crippen LogP contribution in [0.5, 0.6) is 0 Å². The standard InChI is InChI=1S/C32H43N2.ClH/c1-20(2)26-13-28(21(3)4)31(29(14-26)22(5)6)30-9-7-8-27-18-33(19-34(27)30)32-15-23-10-24(16-32)12-25(11-23)17-32;/h7-9,13-14,18-25H,10-12,15-17H2,1-6H3;1H/q+1;/p-1. The Bertz CT molecular complexity index is 1170. The van der Waals surface area contributed by atoms with Gasteiger partial charge in [-0.15, -0.1) is 0 Å². The van der Waals surface area contributed by atoms with Gasteiger partial charge in [-0.3, -0.25) is 0 Å². The summed E-state index contributed by atoms with van der Waals surface area (Å²) in [5.41, 5.74) is 9.00. The van der Waals surface area contributed by atoms with E-state index in [1.54, 1.807) is 0 Å². The predicted octanol–water partition coefficient (Wildman–Crippen LogP) is 5.19. The summed E-state index contributed by atoms with van der Waals surface area (Å²) in [7, 11) is 0. The smallest absolute Gasteiger partial charge is 0.249 e. The highest BCUT2D eigenvalue weighted by molar-refractivity contribution is 5.73. The zero-order valence-electron chi connectivity index (χ0n) is 22.5. The van der Waals surface area contributed by atoms with Crippen LogP contribution in [-0.2, 0) is 5.54 Å². The minimum atomic E-state index is 0. The number of imidazole rings is 1. The minimum absolute atomic E-state index is 0. The van der Waals surface area contributed by atoms with Gasteiger partial charge in [0.15, 0.2) is 5.52 Å². The first-order chi connectivity index (χ1) is 16.2. The van der Waals surface area contributed by atoms with E-state index in [-0.39, 0.29) is 12.4 Å². The van der Waals surface area contributed by atoms with Crippen molar-refractivity contribution in [2.24, 2.45) is 17.8 Å². The molecule has 3 heteroatoms. The first kappa shape index (κ1) is 24.9. The average molecular weight is 491 g/mol. The molecule has 1 aromatic carbocycles. The van der Waals surface area contributed by atoms with Crippen LogP contribution < -0.4 is 17.0 Å². The molecule has 4 aliphatic rings. The van der Waals surface area contributed by atoms with Gasteiger partial charge in [-0.2, -0.15) is 4.40 Å². The van der Waals surface area contributed by atoms with Gasteiger partial charge in [0.25, 0.3) is 0 Å². The third kappa shape index (κ3) is 4.05. The highest BCUT2D eigenvalue weighted by atomic mass is 35.5. The molecule has 0 amide bonds. The molecule has 0 unspecified atom stereocenters. The Morgan fingerprint density at radius 3 is 1.83 bits per heavy atom. The summed E-state index contributed by atoms with van der Waals surface area (Å²) >= 11 is 0. The monoisotopic (exact) mass is 490 g/mol. The number of rotatable bonds is 5. The van der Waals surface area contributed by atoms with Crippen LogP contribution in [0.4, 0.5) is 0 Å². The normalized spacial score (nSPS) is 27.4. The Morgan fingerprint density at radius 1 is 0.800 bits per heavy atom. The first-order valence-corrected chi connectivity index (χ1v) is 13.9. The maximum absolute atomic E-state index is 2.67. The minimum Gasteiger partial charge on any atom is -1.00 e. The van der Waals surface area contributed by atoms with Crippen LogP contribution in [0.2, 0.25) is 0 Å². The van der Waals surface area contributed by atoms with Crippen LogP contribution in [0, 0.1) is 17.8 Å². The molecule has 2 heterocycles. The topological polar surface area (TPSA) is 8.29 Å². The fourth-order valence-corrected chi connectivity index (χ4v) is 8.17. The lowest BCUT2D eigenvalue weighted by atomic mass is 9.53. The van der Waals surface area contributed by atoms with Gasteiger partial charge in [0.05, 0.1) is 0 Å². The second-order valence-corrected chi connectivity index (χ2v) is 13.0. The third-order valence-electron chi connectivity index (χ3n) is 9.51. The van der Waals surface area contributed by atoms with E-state index < -0.39 is 0 Å². The Hall–Kier alpha value is -1.80. The van der Waals surface area contributed by atoms with E-state index in [1.807, 2.05) is 0 Å². The molecule has 4 aliphatic carbocycles. The lowest BCUT2D eigenvalue weighted by Gasteiger charge is -2.54. The number of fused-ring (bicyclic) bond motifs is 1. The maximum atomic E-state index is 2.67. The summed E-state index contributed by atoms with van der Waals surface area (Å²) in [6.07, 6.45) is 13.6. The van der Waals surface area contributed by atoms with Crippen molar-refractivity contribution in [1.29, 1.82) is 0 Å². The molecule has 0 aliphatic heterocycles. The van der Waals surface area contributed by atoms with Gasteiger partial charge in [-0.1, -0.05) is 59.7 Å². The van der Waals surface area contributed by atoms with Crippen molar-refractivity contribution >= 4 is 5.52 Å². The SMILES string of the molecule is CC(C)c1cc(C(C)C)c(-c2cccc3c[n+](C45CC6CC(CC(C6)C4)C5)cn23)c(C(C)C)c1.[Cl-]. The van der Waals surface area contributed by atoms with E-state index in [0.29, 0.717) is 23.3 Å². The van der Waals surface area contributed by atoms with E-state index in [2.05, 4.69) is 93.4 Å². The highest BCUT2D eigenvalue weighted by Crippen LogP contribution is 2.57. The highest BCUT2D eigenvalue weighted by Gasteiger charge is 2.54. The second kappa shape index (κ2) is 8.94. The zero-order chi connectivity index (χ0) is 23.8. The Labute approximate surface area is 218 Å². The van der Waals surface area contributed by atoms with Crippen molar-refractivity contribution in [1.82, 2.24) is 4.40 Å². The Balaban J connectivity index is 0.00000253. The van der Waals surface area contributed by atoms with Crippen molar-refractivity contribution in [3.05, 3.63) is 59.5 Å². The molecule has 0 spiro atoms. The molecule has 2 nitrogen and oxygen atoms in total. The van der Waals surface area contributed by atoms with Crippen molar-refractivity contribution in [2.75, 3.05) is 0 Å². The van der Waals surface area contributed by atoms with Gasteiger partial charge in [0.1, 0.15) is 17.4 Å². The van der Waals surface area contributed by atoms with Gasteiger partial charge >= 0.3 is 0 Å². The number of halogens is 1. The van der Waals surface area contributed by atoms with Crippen LogP contribution in [0.25, 0.3) is 16.8 Å². The lowest BCUT2D eigenvalue weighted by molar-refractivity contribution is -0.775. The summed E-state index contributed by atoms with van der Waals surface area (Å²) in [4.78, 5) is 0. The summed E-state index contributed by atoms with van der Waals surface area (Å²) in [6, 6.07) is 11.9. The number of hydrogen-bond donors (Lipinski definition) is 0. The summed E-state index contributed by atoms with van der Waals surface area (Å²) in [5, 5.41) is 0. The molecule has 188 valence electrons. The fourth-order valence-electron chi connectivity index (χ4n) is 8.17. The van der Waals surface area contributed by atoms with E-state index >= 15 is 0 Å². The summed E-state index contributed by atoms with van der Waals surface area (Å²) in [6.45, 7) is 14.1. The van der Waals surface area contributed by atoms with E-state index in [0.717, 1.165) is 17.8 Å². The molecule has 0 radical (unpaired) electrons. The number of aromatic nitrogens is 2. The molecule has 4 fully saturated rings. The van der Waals surface area contributed by atoms with E-state index in [1.165, 1.54) is 72.0 Å². The third-order valence-corrected chi connectivity index (χ3v) is 9.51. The maximum Gasteiger partial charge on any atom is 0.249 e. The Kier molecular flexibility index (Phi) is 6.36. The zero-order valence-corrected chi connectivity index (χ0v) is 23.3. The van der Waals surface area contributed by atoms with Gasteiger partial charge in [-0.05, 0) is 103 Å². The van der Waals surface area contributed by atoms with E-state index in [4.69, 9.17) is 0 Å². The lowest BCUT2D eigenvalue weighted by Crippen LogP contribution is -3.00. The van der Waals surface area contributed by atoms with Crippen LogP contribution >= 0.6 is 0 Å². The van der Waals surface area contributed by atoms with Crippen molar-refractivity contribution < 1.29 is 17.0 Å². The van der Waals surface area contributed by atoms with Crippen molar-refractivity contribution in [3.8, 4) is 11.3 Å². The van der Waals surface area contributed by atoms with Gasteiger partial charge in [0.2, 0.25) is 6.33 Å². The molecule has 0 N–H and O–H groups in total. The number of pyridine rings is 1. The largest absolute Gasteiger partial charge is 1.00 e. The number of benzene rings is 1. The molecule has 2 aromatic heterocycles. The molecule has 35 heavy (non-hydrogen) atoms. The average Bonchev–Trinajstić information content (AvgIpc) is 3.22. The first-order valence-electron chi connectivity index (χ1n) is 13.9. The fraction of sp³-hybridized carbons (Fsp3) is 0.594. The van der Waals surface area contributed by atoms with Gasteiger partial charge in [0, 0.05) is 5.56 Å². The molecular formula is C32H43ClN2. The van der Waals surface area contributed by atoms with Crippen LogP contribution in [0.1, 0.15) is 115 Å². The van der Waals surface area contributed by atoms with Crippen LogP contribution in [0.3, 0.4) is 0 Å². The summed E-state index contributed by atoms with van der Waals surface area (Å²) < 4.78 is 5.18. The Morgan fingerprint density at radius 2 is 1.34 bits per heavy atom. The molecule has 0 saturated heterocycles. The second-order valence-electron chi connectivity index (χ2n) is 13.0. The number of nitrogens with zero attached hydrogens (tertiary/aromatic N) is 2. The van der Waals surface area contributed by atoms with E-state index in [9.17, 15) is 0 Å². The van der Waals surface area contributed by atoms with Crippen molar-refractivity contribution in [3.63, 3.8) is 0 Å². The van der Waals surface area contributed by atoms with Crippen LogP contribution in [0.15, 0.2) is 42.9 Å². The molecule has 4 saturated carbocycles. The molecular weight excluding hydrogens is 448 g/mol. The van der Waals surface area contributed by atoms with Gasteiger partial charge in [-0.25, -0.2) is 4.57 Å². The number of hydrogen-bond acceptors (Lipinski definition) is 0.